The van der Waals surface area contributed by atoms with Crippen LogP contribution in [0.4, 0.5) is 5.69 Å². The Morgan fingerprint density at radius 3 is 2.55 bits per heavy atom. The zero-order valence-corrected chi connectivity index (χ0v) is 21.4. The van der Waals surface area contributed by atoms with E-state index in [2.05, 4.69) is 38.1 Å². The van der Waals surface area contributed by atoms with E-state index in [-0.39, 0.29) is 21.7 Å². The number of nitrogens with one attached hydrogen (secondary N) is 2. The average molecular weight is 551 g/mol. The number of hydrogen-bond acceptors (Lipinski definition) is 6. The Morgan fingerprint density at radius 1 is 1.18 bits per heavy atom. The smallest absolute Gasteiger partial charge is 0.270 e. The first kappa shape index (κ1) is 25.2. The monoisotopic (exact) mass is 549 g/mol. The number of benzene rings is 2. The number of carbonyl (C=O) groups excluding carboxylic acids is 1. The third-order valence-corrected chi connectivity index (χ3v) is 8.13. The number of carbonyl (C=O) groups is 1. The third-order valence-electron chi connectivity index (χ3n) is 4.82. The number of thioether (sulfide) groups is 1. The molecule has 3 rings (SSSR count). The first-order valence-corrected chi connectivity index (χ1v) is 13.6. The highest BCUT2D eigenvalue weighted by Gasteiger charge is 2.22. The van der Waals surface area contributed by atoms with Crippen molar-refractivity contribution in [1.29, 1.82) is 0 Å². The van der Waals surface area contributed by atoms with Gasteiger partial charge in [0.2, 0.25) is 15.7 Å². The Hall–Kier alpha value is -2.43. The van der Waals surface area contributed by atoms with Crippen LogP contribution < -0.4 is 10.9 Å². The van der Waals surface area contributed by atoms with E-state index in [1.54, 1.807) is 18.2 Å². The van der Waals surface area contributed by atoms with E-state index >= 15 is 0 Å². The van der Waals surface area contributed by atoms with Crippen LogP contribution in [0, 0.1) is 6.92 Å². The number of amides is 1. The standard InChI is InChI=1S/C23H24BrN3O4S2/c1-3-4-5-16-7-9-17(10-8-16)33(30,31)20-13-25-23(27-22(20)29)32-14-21(28)26-19-11-6-15(2)12-18(19)24/h6-13H,3-5,14H2,1-2H3,(H,26,28)(H,25,27,29). The van der Waals surface area contributed by atoms with Crippen LogP contribution in [0.5, 0.6) is 0 Å². The Morgan fingerprint density at radius 2 is 1.91 bits per heavy atom. The Kier molecular flexibility index (Phi) is 8.50. The van der Waals surface area contributed by atoms with E-state index in [1.165, 1.54) is 12.1 Å². The first-order chi connectivity index (χ1) is 15.7. The van der Waals surface area contributed by atoms with Crippen LogP contribution in [0.2, 0.25) is 0 Å². The lowest BCUT2D eigenvalue weighted by Crippen LogP contribution is -2.20. The van der Waals surface area contributed by atoms with Gasteiger partial charge in [-0.25, -0.2) is 13.4 Å². The summed E-state index contributed by atoms with van der Waals surface area (Å²) in [5, 5.41) is 2.93. The van der Waals surface area contributed by atoms with E-state index in [0.29, 0.717) is 5.69 Å². The molecule has 10 heteroatoms. The van der Waals surface area contributed by atoms with Gasteiger partial charge in [-0.3, -0.25) is 9.59 Å². The summed E-state index contributed by atoms with van der Waals surface area (Å²) in [7, 11) is -4.00. The lowest BCUT2D eigenvalue weighted by atomic mass is 10.1. The zero-order chi connectivity index (χ0) is 24.0. The number of aromatic amines is 1. The van der Waals surface area contributed by atoms with Gasteiger partial charge >= 0.3 is 0 Å². The predicted octanol–water partition coefficient (Wildman–Crippen LogP) is 4.75. The molecule has 0 radical (unpaired) electrons. The number of aromatic nitrogens is 2. The molecule has 0 saturated carbocycles. The summed E-state index contributed by atoms with van der Waals surface area (Å²) < 4.78 is 26.5. The number of anilines is 1. The van der Waals surface area contributed by atoms with Crippen LogP contribution in [0.25, 0.3) is 0 Å². The van der Waals surface area contributed by atoms with E-state index in [0.717, 1.165) is 52.8 Å². The van der Waals surface area contributed by atoms with Crippen LogP contribution in [-0.2, 0) is 21.1 Å². The highest BCUT2D eigenvalue weighted by molar-refractivity contribution is 9.10. The number of sulfone groups is 1. The number of rotatable bonds is 9. The van der Waals surface area contributed by atoms with Gasteiger partial charge in [-0.15, -0.1) is 0 Å². The minimum absolute atomic E-state index is 0.00538. The highest BCUT2D eigenvalue weighted by Crippen LogP contribution is 2.24. The van der Waals surface area contributed by atoms with Gasteiger partial charge in [0.15, 0.2) is 10.1 Å². The minimum atomic E-state index is -4.00. The molecule has 1 heterocycles. The van der Waals surface area contributed by atoms with E-state index < -0.39 is 20.3 Å². The van der Waals surface area contributed by atoms with Crippen molar-refractivity contribution in [2.45, 2.75) is 48.1 Å². The lowest BCUT2D eigenvalue weighted by Gasteiger charge is -2.08. The molecule has 7 nitrogen and oxygen atoms in total. The molecule has 0 unspecified atom stereocenters. The molecule has 0 bridgehead atoms. The van der Waals surface area contributed by atoms with Crippen molar-refractivity contribution in [3.05, 3.63) is 74.6 Å². The highest BCUT2D eigenvalue weighted by atomic mass is 79.9. The van der Waals surface area contributed by atoms with Crippen molar-refractivity contribution in [3.63, 3.8) is 0 Å². The molecule has 0 saturated heterocycles. The van der Waals surface area contributed by atoms with Gasteiger partial charge in [0, 0.05) is 4.47 Å². The summed E-state index contributed by atoms with van der Waals surface area (Å²) >= 11 is 4.41. The molecule has 33 heavy (non-hydrogen) atoms. The van der Waals surface area contributed by atoms with Gasteiger partial charge in [0.25, 0.3) is 5.56 Å². The van der Waals surface area contributed by atoms with Gasteiger partial charge < -0.3 is 10.3 Å². The Labute approximate surface area is 205 Å². The topological polar surface area (TPSA) is 109 Å². The van der Waals surface area contributed by atoms with Crippen LogP contribution in [0.1, 0.15) is 30.9 Å². The van der Waals surface area contributed by atoms with Crippen molar-refractivity contribution < 1.29 is 13.2 Å². The minimum Gasteiger partial charge on any atom is -0.324 e. The second-order valence-electron chi connectivity index (χ2n) is 7.45. The molecule has 0 aliphatic carbocycles. The van der Waals surface area contributed by atoms with Gasteiger partial charge in [0.05, 0.1) is 22.5 Å². The first-order valence-electron chi connectivity index (χ1n) is 10.3. The Balaban J connectivity index is 1.67. The van der Waals surface area contributed by atoms with Crippen LogP contribution in [0.3, 0.4) is 0 Å². The maximum absolute atomic E-state index is 12.9. The second kappa shape index (κ2) is 11.1. The molecular formula is C23H24BrN3O4S2. The van der Waals surface area contributed by atoms with E-state index in [1.807, 2.05) is 19.1 Å². The van der Waals surface area contributed by atoms with Gasteiger partial charge in [-0.2, -0.15) is 0 Å². The van der Waals surface area contributed by atoms with E-state index in [4.69, 9.17) is 0 Å². The number of aryl methyl sites for hydroxylation is 2. The van der Waals surface area contributed by atoms with Crippen molar-refractivity contribution >= 4 is 49.1 Å². The van der Waals surface area contributed by atoms with Gasteiger partial charge in [-0.05, 0) is 71.1 Å². The maximum atomic E-state index is 12.9. The molecule has 0 atom stereocenters. The zero-order valence-electron chi connectivity index (χ0n) is 18.2. The molecule has 0 aliphatic heterocycles. The number of H-pyrrole nitrogens is 1. The summed E-state index contributed by atoms with van der Waals surface area (Å²) in [5.74, 6) is -0.291. The second-order valence-corrected chi connectivity index (χ2v) is 11.2. The molecule has 0 spiro atoms. The van der Waals surface area contributed by atoms with Crippen molar-refractivity contribution in [3.8, 4) is 0 Å². The Bertz CT molecular complexity index is 1310. The fraction of sp³-hybridized carbons (Fsp3) is 0.261. The molecular weight excluding hydrogens is 526 g/mol. The molecule has 2 N–H and O–H groups in total. The molecule has 2 aromatic carbocycles. The summed E-state index contributed by atoms with van der Waals surface area (Å²) in [6.45, 7) is 4.04. The molecule has 174 valence electrons. The normalized spacial score (nSPS) is 11.4. The summed E-state index contributed by atoms with van der Waals surface area (Å²) in [4.78, 5) is 30.8. The van der Waals surface area contributed by atoms with Crippen molar-refractivity contribution in [1.82, 2.24) is 9.97 Å². The molecule has 1 aromatic heterocycles. The summed E-state index contributed by atoms with van der Waals surface area (Å²) in [5.41, 5.74) is 1.96. The van der Waals surface area contributed by atoms with Gasteiger partial charge in [0.1, 0.15) is 0 Å². The molecule has 0 fully saturated rings. The van der Waals surface area contributed by atoms with Gasteiger partial charge in [-0.1, -0.05) is 43.3 Å². The number of hydrogen-bond donors (Lipinski definition) is 2. The van der Waals surface area contributed by atoms with Crippen LogP contribution in [-0.4, -0.2) is 30.0 Å². The SMILES string of the molecule is CCCCc1ccc(S(=O)(=O)c2cnc(SCC(=O)Nc3ccc(C)cc3Br)[nH]c2=O)cc1. The van der Waals surface area contributed by atoms with Crippen LogP contribution in [0.15, 0.2) is 72.9 Å². The summed E-state index contributed by atoms with van der Waals surface area (Å²) in [6.07, 6.45) is 3.99. The average Bonchev–Trinajstić information content (AvgIpc) is 2.78. The lowest BCUT2D eigenvalue weighted by molar-refractivity contribution is -0.113. The fourth-order valence-corrected chi connectivity index (χ4v) is 5.48. The number of unbranched alkanes of at least 4 members (excludes halogenated alkanes) is 1. The molecule has 0 aliphatic rings. The largest absolute Gasteiger partial charge is 0.324 e. The molecule has 3 aromatic rings. The molecule has 1 amide bonds. The fourth-order valence-electron chi connectivity index (χ4n) is 3.02. The van der Waals surface area contributed by atoms with Crippen molar-refractivity contribution in [2.75, 3.05) is 11.1 Å². The van der Waals surface area contributed by atoms with Crippen LogP contribution >= 0.6 is 27.7 Å². The quantitative estimate of drug-likeness (QED) is 0.294. The van der Waals surface area contributed by atoms with E-state index in [9.17, 15) is 18.0 Å². The maximum Gasteiger partial charge on any atom is 0.270 e. The number of halogens is 1. The summed E-state index contributed by atoms with van der Waals surface area (Å²) in [6, 6.07) is 12.1. The predicted molar refractivity (Wildman–Crippen MR) is 134 cm³/mol. The van der Waals surface area contributed by atoms with Crippen molar-refractivity contribution in [2.24, 2.45) is 0 Å². The number of nitrogens with zero attached hydrogens (tertiary/aromatic N) is 1. The third kappa shape index (κ3) is 6.55.